The molecule has 0 radical (unpaired) electrons. The van der Waals surface area contributed by atoms with Crippen molar-refractivity contribution in [1.82, 2.24) is 0 Å². The van der Waals surface area contributed by atoms with Crippen LogP contribution in [0, 0.1) is 17.0 Å². The van der Waals surface area contributed by atoms with E-state index in [1.807, 2.05) is 0 Å². The molecule has 1 N–H and O–H groups in total. The smallest absolute Gasteiger partial charge is 0.416 e. The maximum Gasteiger partial charge on any atom is 0.416 e. The fraction of sp³-hybridized carbons (Fsp3) is 0.393. The number of alkyl halides is 6. The first-order chi connectivity index (χ1) is 17.8. The third-order valence-corrected chi connectivity index (χ3v) is 8.35. The Kier molecular flexibility index (Phi) is 6.46. The molecule has 0 amide bonds. The fourth-order valence-electron chi connectivity index (χ4n) is 6.55. The summed E-state index contributed by atoms with van der Waals surface area (Å²) in [6, 6.07) is 9.55. The number of fused-ring (bicyclic) bond motifs is 4. The van der Waals surface area contributed by atoms with E-state index in [2.05, 4.69) is 6.58 Å². The lowest BCUT2D eigenvalue weighted by Crippen LogP contribution is -2.67. The number of halogens is 6. The van der Waals surface area contributed by atoms with Crippen molar-refractivity contribution in [3.8, 4) is 0 Å². The maximum atomic E-state index is 13.6. The Bertz CT molecular complexity index is 1340. The molecule has 0 spiro atoms. The number of piperidine rings is 3. The molecule has 4 heterocycles. The molecule has 0 aliphatic carbocycles. The number of benzene rings is 2. The molecule has 1 aromatic heterocycles. The molecular weight excluding hydrogens is 510 g/mol. The van der Waals surface area contributed by atoms with Crippen LogP contribution in [-0.2, 0) is 18.9 Å². The summed E-state index contributed by atoms with van der Waals surface area (Å²) in [5, 5.41) is 24.6. The number of aliphatic hydroxyl groups excluding tert-OH is 1. The highest BCUT2D eigenvalue weighted by molar-refractivity contribution is 5.79. The summed E-state index contributed by atoms with van der Waals surface area (Å²) in [7, 11) is 0. The Morgan fingerprint density at radius 2 is 1.71 bits per heavy atom. The standard InChI is InChI=1S/C28H27F6N2O2/c1-2-18-16-36(15-17-11-20(27(29,30)31)14-21(12-17)28(32,33)34)10-8-19(18)13-25(36)26(37)23-7-9-35(38)24-6-4-3-5-22(23)24/h2-7,9,11-12,14,18-19,25-26,37H,1,8,10,13,15-16H2/q+1. The summed E-state index contributed by atoms with van der Waals surface area (Å²) in [5.74, 6) is 0.218. The van der Waals surface area contributed by atoms with Gasteiger partial charge in [-0.15, -0.1) is 6.58 Å². The third kappa shape index (κ3) is 4.64. The normalized spacial score (nSPS) is 26.4. The van der Waals surface area contributed by atoms with Gasteiger partial charge in [-0.25, -0.2) is 0 Å². The van der Waals surface area contributed by atoms with Crippen molar-refractivity contribution >= 4 is 10.9 Å². The molecule has 3 aromatic rings. The van der Waals surface area contributed by atoms with Crippen molar-refractivity contribution in [2.24, 2.45) is 11.8 Å². The zero-order valence-corrected chi connectivity index (χ0v) is 20.3. The van der Waals surface area contributed by atoms with Crippen LogP contribution in [0.1, 0.15) is 41.2 Å². The van der Waals surface area contributed by atoms with Gasteiger partial charge >= 0.3 is 12.4 Å². The summed E-state index contributed by atoms with van der Waals surface area (Å²) in [6.07, 6.45) is -6.61. The summed E-state index contributed by atoms with van der Waals surface area (Å²) in [5.41, 5.74) is -1.90. The van der Waals surface area contributed by atoms with Crippen molar-refractivity contribution in [1.29, 1.82) is 0 Å². The van der Waals surface area contributed by atoms with Crippen LogP contribution in [0.25, 0.3) is 10.9 Å². The average molecular weight is 538 g/mol. The summed E-state index contributed by atoms with van der Waals surface area (Å²) >= 11 is 0. The molecule has 202 valence electrons. The Morgan fingerprint density at radius 3 is 2.34 bits per heavy atom. The molecule has 2 bridgehead atoms. The van der Waals surface area contributed by atoms with Crippen LogP contribution in [0.5, 0.6) is 0 Å². The molecule has 0 saturated carbocycles. The van der Waals surface area contributed by atoms with Gasteiger partial charge in [0.05, 0.1) is 29.6 Å². The first-order valence-corrected chi connectivity index (χ1v) is 12.4. The average Bonchev–Trinajstić information content (AvgIpc) is 2.87. The highest BCUT2D eigenvalue weighted by atomic mass is 19.4. The van der Waals surface area contributed by atoms with Gasteiger partial charge < -0.3 is 14.8 Å². The first kappa shape index (κ1) is 26.5. The monoisotopic (exact) mass is 537 g/mol. The Hall–Kier alpha value is -3.11. The fourth-order valence-corrected chi connectivity index (χ4v) is 6.55. The molecule has 38 heavy (non-hydrogen) atoms. The quantitative estimate of drug-likeness (QED) is 0.139. The molecule has 3 aliphatic heterocycles. The van der Waals surface area contributed by atoms with Gasteiger partial charge in [0.25, 0.3) is 0 Å². The van der Waals surface area contributed by atoms with Gasteiger partial charge in [0.15, 0.2) is 6.20 Å². The lowest BCUT2D eigenvalue weighted by molar-refractivity contribution is -0.984. The van der Waals surface area contributed by atoms with Crippen molar-refractivity contribution in [3.05, 3.63) is 94.8 Å². The van der Waals surface area contributed by atoms with Crippen LogP contribution in [0.15, 0.2) is 67.4 Å². The molecule has 3 fully saturated rings. The van der Waals surface area contributed by atoms with Gasteiger partial charge in [-0.2, -0.15) is 31.1 Å². The maximum absolute atomic E-state index is 13.6. The van der Waals surface area contributed by atoms with Crippen LogP contribution >= 0.6 is 0 Å². The lowest BCUT2D eigenvalue weighted by atomic mass is 9.71. The molecule has 3 saturated heterocycles. The minimum absolute atomic E-state index is 0.0244. The predicted molar refractivity (Wildman–Crippen MR) is 128 cm³/mol. The minimum atomic E-state index is -4.94. The number of hydrogen-bond donors (Lipinski definition) is 1. The second kappa shape index (κ2) is 9.27. The summed E-state index contributed by atoms with van der Waals surface area (Å²) < 4.78 is 82.2. The van der Waals surface area contributed by atoms with E-state index in [0.717, 1.165) is 18.6 Å². The molecule has 10 heteroatoms. The Balaban J connectivity index is 1.60. The van der Waals surface area contributed by atoms with Crippen LogP contribution in [0.4, 0.5) is 26.3 Å². The van der Waals surface area contributed by atoms with E-state index < -0.39 is 35.6 Å². The molecule has 5 unspecified atom stereocenters. The van der Waals surface area contributed by atoms with Crippen molar-refractivity contribution in [2.75, 3.05) is 13.1 Å². The number of quaternary nitrogens is 1. The molecular formula is C28H27F6N2O2+. The zero-order valence-electron chi connectivity index (χ0n) is 20.3. The van der Waals surface area contributed by atoms with Gasteiger partial charge in [-0.3, -0.25) is 0 Å². The number of aromatic nitrogens is 1. The van der Waals surface area contributed by atoms with Gasteiger partial charge in [0.1, 0.15) is 18.7 Å². The highest BCUT2D eigenvalue weighted by Crippen LogP contribution is 2.48. The van der Waals surface area contributed by atoms with Gasteiger partial charge in [-0.05, 0) is 30.2 Å². The molecule has 2 aromatic carbocycles. The third-order valence-electron chi connectivity index (χ3n) is 8.35. The second-order valence-corrected chi connectivity index (χ2v) is 10.5. The summed E-state index contributed by atoms with van der Waals surface area (Å²) in [4.78, 5) is 0. The van der Waals surface area contributed by atoms with Crippen LogP contribution in [-0.4, -0.2) is 28.7 Å². The minimum Gasteiger partial charge on any atom is -0.618 e. The SMILES string of the molecule is C=CC1C[N+]2(Cc3cc(C(F)(F)F)cc(C(F)(F)F)c3)CCC1CC2C(O)c1cc[n+]([O-])c2ccccc12. The van der Waals surface area contributed by atoms with E-state index in [9.17, 15) is 36.7 Å². The van der Waals surface area contributed by atoms with E-state index in [-0.39, 0.29) is 34.5 Å². The number of hydrogen-bond acceptors (Lipinski definition) is 2. The van der Waals surface area contributed by atoms with Gasteiger partial charge in [-0.1, -0.05) is 18.2 Å². The predicted octanol–water partition coefficient (Wildman–Crippen LogP) is 6.16. The summed E-state index contributed by atoms with van der Waals surface area (Å²) in [6.45, 7) is 4.75. The van der Waals surface area contributed by atoms with Crippen LogP contribution < -0.4 is 4.73 Å². The van der Waals surface area contributed by atoms with Crippen molar-refractivity contribution < 1.29 is 40.7 Å². The number of para-hydroxylation sites is 1. The largest absolute Gasteiger partial charge is 0.618 e. The van der Waals surface area contributed by atoms with E-state index in [1.165, 1.54) is 12.3 Å². The molecule has 5 atom stereocenters. The first-order valence-electron chi connectivity index (χ1n) is 12.4. The number of aliphatic hydroxyl groups is 1. The van der Waals surface area contributed by atoms with Gasteiger partial charge in [0, 0.05) is 42.0 Å². The highest BCUT2D eigenvalue weighted by Gasteiger charge is 2.54. The van der Waals surface area contributed by atoms with Gasteiger partial charge in [0.2, 0.25) is 5.52 Å². The lowest BCUT2D eigenvalue weighted by Gasteiger charge is -2.58. The number of pyridine rings is 1. The van der Waals surface area contributed by atoms with Crippen molar-refractivity contribution in [2.45, 2.75) is 43.9 Å². The van der Waals surface area contributed by atoms with E-state index in [4.69, 9.17) is 0 Å². The van der Waals surface area contributed by atoms with E-state index >= 15 is 0 Å². The molecule has 3 aliphatic rings. The molecule has 6 rings (SSSR count). The van der Waals surface area contributed by atoms with E-state index in [0.29, 0.717) is 40.7 Å². The van der Waals surface area contributed by atoms with Crippen LogP contribution in [0.2, 0.25) is 0 Å². The Labute approximate surface area is 215 Å². The topological polar surface area (TPSA) is 47.2 Å². The number of nitrogens with zero attached hydrogens (tertiary/aromatic N) is 2. The molecule has 4 nitrogen and oxygen atoms in total. The van der Waals surface area contributed by atoms with Crippen molar-refractivity contribution in [3.63, 3.8) is 0 Å². The Morgan fingerprint density at radius 1 is 1.05 bits per heavy atom. The zero-order chi connectivity index (χ0) is 27.5. The van der Waals surface area contributed by atoms with Crippen LogP contribution in [0.3, 0.4) is 0 Å². The van der Waals surface area contributed by atoms with E-state index in [1.54, 1.807) is 30.3 Å². The number of rotatable bonds is 5. The second-order valence-electron chi connectivity index (χ2n) is 10.5.